The Kier molecular flexibility index (Phi) is 12.8. The Morgan fingerprint density at radius 2 is 0.524 bits per heavy atom. The van der Waals surface area contributed by atoms with Crippen molar-refractivity contribution >= 4 is 34.1 Å². The van der Waals surface area contributed by atoms with Gasteiger partial charge in [0.15, 0.2) is 0 Å². The smallest absolute Gasteiger partial charge is 0.0540 e. The fourth-order valence-corrected chi connectivity index (χ4v) is 14.2. The second-order valence-corrected chi connectivity index (χ2v) is 24.3. The third kappa shape index (κ3) is 8.79. The summed E-state index contributed by atoms with van der Waals surface area (Å²) in [7, 11) is 0. The Morgan fingerprint density at radius 3 is 0.893 bits per heavy atom. The van der Waals surface area contributed by atoms with Crippen LogP contribution in [0.1, 0.15) is 72.2 Å². The minimum Gasteiger partial charge on any atom is -0.309 e. The van der Waals surface area contributed by atoms with Gasteiger partial charge in [0.05, 0.1) is 22.7 Å². The molecule has 2 heteroatoms. The molecule has 0 spiro atoms. The molecule has 0 fully saturated rings. The zero-order chi connectivity index (χ0) is 57.4. The predicted molar refractivity (Wildman–Crippen MR) is 357 cm³/mol. The monoisotopic (exact) mass is 1080 g/mol. The molecule has 0 aromatic heterocycles. The van der Waals surface area contributed by atoms with Crippen molar-refractivity contribution in [1.29, 1.82) is 0 Å². The van der Waals surface area contributed by atoms with E-state index < -0.39 is 0 Å². The van der Waals surface area contributed by atoms with Crippen LogP contribution in [-0.4, -0.2) is 0 Å². The number of benzene rings is 12. The second kappa shape index (κ2) is 20.6. The third-order valence-electron chi connectivity index (χ3n) is 18.3. The number of hydrogen-bond acceptors (Lipinski definition) is 2. The van der Waals surface area contributed by atoms with E-state index in [-0.39, 0.29) is 10.8 Å². The lowest BCUT2D eigenvalue weighted by Gasteiger charge is -2.32. The zero-order valence-corrected chi connectivity index (χ0v) is 49.3. The normalized spacial score (nSPS) is 13.2. The minimum absolute atomic E-state index is 0.0699. The molecule has 2 aliphatic rings. The summed E-state index contributed by atoms with van der Waals surface area (Å²) in [4.78, 5) is 4.97. The first kappa shape index (κ1) is 52.3. The van der Waals surface area contributed by atoms with Crippen molar-refractivity contribution in [3.63, 3.8) is 0 Å². The molecule has 12 aromatic carbocycles. The average Bonchev–Trinajstić information content (AvgIpc) is 2.50. The minimum atomic E-state index is -0.0699. The van der Waals surface area contributed by atoms with Gasteiger partial charge in [0.2, 0.25) is 0 Å². The maximum absolute atomic E-state index is 2.49. The molecule has 406 valence electrons. The van der Waals surface area contributed by atoms with Gasteiger partial charge in [-0.25, -0.2) is 0 Å². The number of para-hydroxylation sites is 2. The number of fused-ring (bicyclic) bond motifs is 6. The van der Waals surface area contributed by atoms with Crippen molar-refractivity contribution < 1.29 is 0 Å². The lowest BCUT2D eigenvalue weighted by atomic mass is 9.81. The molecule has 0 saturated carbocycles. The molecule has 2 aliphatic carbocycles. The van der Waals surface area contributed by atoms with Gasteiger partial charge in [-0.2, -0.15) is 0 Å². The van der Waals surface area contributed by atoms with Crippen molar-refractivity contribution in [3.8, 4) is 77.9 Å². The summed E-state index contributed by atoms with van der Waals surface area (Å²) in [6, 6.07) is 99.2. The van der Waals surface area contributed by atoms with E-state index in [1.165, 1.54) is 134 Å². The number of aryl methyl sites for hydroxylation is 4. The van der Waals surface area contributed by atoms with Crippen LogP contribution in [-0.2, 0) is 10.8 Å². The first-order valence-corrected chi connectivity index (χ1v) is 29.7. The molecule has 0 amide bonds. The lowest BCUT2D eigenvalue weighted by molar-refractivity contribution is 0.660. The molecule has 2 nitrogen and oxygen atoms in total. The van der Waals surface area contributed by atoms with E-state index in [1.54, 1.807) is 0 Å². The van der Waals surface area contributed by atoms with Gasteiger partial charge < -0.3 is 9.80 Å². The molecule has 12 aromatic rings. The number of rotatable bonds is 11. The first-order valence-electron chi connectivity index (χ1n) is 29.7. The first-order chi connectivity index (χ1) is 40.8. The molecule has 84 heavy (non-hydrogen) atoms. The maximum Gasteiger partial charge on any atom is 0.0540 e. The van der Waals surface area contributed by atoms with E-state index in [2.05, 4.69) is 332 Å². The fourth-order valence-electron chi connectivity index (χ4n) is 14.2. The molecule has 0 aliphatic heterocycles. The molecule has 14 rings (SSSR count). The average molecular weight is 1080 g/mol. The van der Waals surface area contributed by atoms with Gasteiger partial charge in [-0.1, -0.05) is 222 Å². The summed E-state index contributed by atoms with van der Waals surface area (Å²) in [6.45, 7) is 18.6. The Balaban J connectivity index is 0.844. The highest BCUT2D eigenvalue weighted by molar-refractivity contribution is 5.94. The van der Waals surface area contributed by atoms with Gasteiger partial charge in [-0.3, -0.25) is 0 Å². The van der Waals surface area contributed by atoms with Crippen LogP contribution < -0.4 is 9.80 Å². The number of nitrogens with zero attached hydrogens (tertiary/aromatic N) is 2. The summed E-state index contributed by atoms with van der Waals surface area (Å²) in [5.41, 5.74) is 34.4. The topological polar surface area (TPSA) is 6.48 Å². The molecular weight excluding hydrogens is 1010 g/mol. The van der Waals surface area contributed by atoms with Crippen molar-refractivity contribution in [1.82, 2.24) is 0 Å². The SMILES string of the molecule is Cc1cc(-c2cc(C)c(N(c3ccc(-c4ccc5c(c4)C(C)(C)c4ccccc4-5)cc3)c3ccccc3-c3ccccc3)c(C)c2)cc(C)c1N(c1ccc(-c2ccc3c(c2)C(C)(C)c2ccccc2-3)cc1)c1ccccc1-c1ccccc1. The predicted octanol–water partition coefficient (Wildman–Crippen LogP) is 22.8. The Bertz CT molecular complexity index is 4170. The van der Waals surface area contributed by atoms with Gasteiger partial charge in [-0.05, 0) is 212 Å². The largest absolute Gasteiger partial charge is 0.309 e. The van der Waals surface area contributed by atoms with Gasteiger partial charge in [0, 0.05) is 33.3 Å². The highest BCUT2D eigenvalue weighted by Gasteiger charge is 2.37. The van der Waals surface area contributed by atoms with Crippen LogP contribution in [0.5, 0.6) is 0 Å². The summed E-state index contributed by atoms with van der Waals surface area (Å²) in [5.74, 6) is 0. The van der Waals surface area contributed by atoms with Crippen LogP contribution in [0.15, 0.2) is 267 Å². The van der Waals surface area contributed by atoms with Gasteiger partial charge in [0.25, 0.3) is 0 Å². The maximum atomic E-state index is 2.49. The van der Waals surface area contributed by atoms with Crippen molar-refractivity contribution in [3.05, 3.63) is 311 Å². The fraction of sp³-hybridized carbons (Fsp3) is 0.122. The molecule has 0 unspecified atom stereocenters. The van der Waals surface area contributed by atoms with Gasteiger partial charge >= 0.3 is 0 Å². The second-order valence-electron chi connectivity index (χ2n) is 24.3. The molecule has 0 radical (unpaired) electrons. The highest BCUT2D eigenvalue weighted by atomic mass is 15.2. The third-order valence-corrected chi connectivity index (χ3v) is 18.3. The standard InChI is InChI=1S/C82H68N2/c1-53-47-63(48-54(2)79(53)83(77-33-21-17-27-67(77)59-23-11-9-12-24-59)65-41-35-57(36-42-65)61-39-45-71-69-29-15-19-31-73(69)81(5,6)75(71)51-61)64-49-55(3)80(56(4)50-64)84(78-34-22-18-28-68(78)60-25-13-10-14-26-60)66-43-37-58(38-44-66)62-40-46-72-70-30-16-20-32-74(70)82(7,8)76(72)52-62/h9-52H,1-8H3. The lowest BCUT2D eigenvalue weighted by Crippen LogP contribution is -2.15. The summed E-state index contributed by atoms with van der Waals surface area (Å²) >= 11 is 0. The van der Waals surface area contributed by atoms with Crippen LogP contribution in [0.3, 0.4) is 0 Å². The Labute approximate surface area is 496 Å². The van der Waals surface area contributed by atoms with E-state index >= 15 is 0 Å². The number of hydrogen-bond donors (Lipinski definition) is 0. The zero-order valence-electron chi connectivity index (χ0n) is 49.3. The molecule has 0 heterocycles. The van der Waals surface area contributed by atoms with Crippen LogP contribution in [0, 0.1) is 27.7 Å². The molecule has 0 atom stereocenters. The Morgan fingerprint density at radius 1 is 0.226 bits per heavy atom. The van der Waals surface area contributed by atoms with E-state index in [1.807, 2.05) is 0 Å². The van der Waals surface area contributed by atoms with Crippen LogP contribution in [0.4, 0.5) is 34.1 Å². The quantitative estimate of drug-likeness (QED) is 0.127. The summed E-state index contributed by atoms with van der Waals surface area (Å²) in [6.07, 6.45) is 0. The van der Waals surface area contributed by atoms with Crippen molar-refractivity contribution in [2.24, 2.45) is 0 Å². The highest BCUT2D eigenvalue weighted by Crippen LogP contribution is 2.53. The van der Waals surface area contributed by atoms with Gasteiger partial charge in [0.1, 0.15) is 0 Å². The molecular formula is C82H68N2. The van der Waals surface area contributed by atoms with Crippen molar-refractivity contribution in [2.75, 3.05) is 9.80 Å². The van der Waals surface area contributed by atoms with Crippen LogP contribution in [0.25, 0.3) is 77.9 Å². The van der Waals surface area contributed by atoms with Crippen LogP contribution >= 0.6 is 0 Å². The van der Waals surface area contributed by atoms with Gasteiger partial charge in [-0.15, -0.1) is 0 Å². The molecule has 0 N–H and O–H groups in total. The van der Waals surface area contributed by atoms with E-state index in [0.29, 0.717) is 0 Å². The van der Waals surface area contributed by atoms with Crippen LogP contribution in [0.2, 0.25) is 0 Å². The number of anilines is 6. The van der Waals surface area contributed by atoms with Crippen molar-refractivity contribution in [2.45, 2.75) is 66.2 Å². The molecule has 0 bridgehead atoms. The van der Waals surface area contributed by atoms with E-state index in [4.69, 9.17) is 0 Å². The summed E-state index contributed by atoms with van der Waals surface area (Å²) in [5, 5.41) is 0. The van der Waals surface area contributed by atoms with E-state index in [9.17, 15) is 0 Å². The Hall–Kier alpha value is -9.76. The van der Waals surface area contributed by atoms with E-state index in [0.717, 1.165) is 22.7 Å². The summed E-state index contributed by atoms with van der Waals surface area (Å²) < 4.78 is 0. The molecule has 0 saturated heterocycles.